The second-order valence-corrected chi connectivity index (χ2v) is 3.10. The second kappa shape index (κ2) is 4.44. The Balaban J connectivity index is 2.80. The van der Waals surface area contributed by atoms with Crippen LogP contribution in [0.1, 0.15) is 26.8 Å². The molecule has 0 amide bonds. The molecule has 0 bridgehead atoms. The highest BCUT2D eigenvalue weighted by Crippen LogP contribution is 1.99. The van der Waals surface area contributed by atoms with Gasteiger partial charge in [-0.1, -0.05) is 0 Å². The van der Waals surface area contributed by atoms with E-state index in [0.717, 1.165) is 0 Å². The van der Waals surface area contributed by atoms with Crippen molar-refractivity contribution in [1.82, 2.24) is 9.78 Å². The number of hydrogen-bond donors (Lipinski definition) is 1. The summed E-state index contributed by atoms with van der Waals surface area (Å²) in [6.45, 7) is 6.36. The smallest absolute Gasteiger partial charge is 0.422 e. The Kier molecular flexibility index (Phi) is 3.51. The van der Waals surface area contributed by atoms with Gasteiger partial charge in [-0.25, -0.2) is 0 Å². The first-order valence-electron chi connectivity index (χ1n) is 4.50. The third-order valence-corrected chi connectivity index (χ3v) is 1.77. The van der Waals surface area contributed by atoms with E-state index >= 15 is 0 Å². The van der Waals surface area contributed by atoms with Crippen LogP contribution >= 0.6 is 0 Å². The minimum absolute atomic E-state index is 0.236. The highest BCUT2D eigenvalue weighted by Gasteiger charge is 2.21. The first-order chi connectivity index (χ1) is 6.16. The lowest BCUT2D eigenvalue weighted by Crippen LogP contribution is -2.40. The van der Waals surface area contributed by atoms with Crippen molar-refractivity contribution in [2.45, 2.75) is 26.8 Å². The fourth-order valence-corrected chi connectivity index (χ4v) is 1.19. The maximum absolute atomic E-state index is 9.56. The van der Waals surface area contributed by atoms with E-state index in [0.29, 0.717) is 12.2 Å². The topological polar surface area (TPSA) is 47.3 Å². The highest BCUT2D eigenvalue weighted by atomic mass is 16.5. The number of aromatic nitrogens is 2. The lowest BCUT2D eigenvalue weighted by molar-refractivity contribution is 0.284. The Labute approximate surface area is 78.7 Å². The van der Waals surface area contributed by atoms with Crippen LogP contribution in [0.5, 0.6) is 0 Å². The number of nitrogens with zero attached hydrogens (tertiary/aromatic N) is 2. The van der Waals surface area contributed by atoms with Gasteiger partial charge in [0.15, 0.2) is 0 Å². The molecule has 0 aliphatic heterocycles. The standard InChI is InChI=1S/C8H15BN2O2/c1-4-13-9(12)8-5-6-10-11(8)7(2)3/h5-7,12H,4H2,1-3H3. The molecular formula is C8H15BN2O2. The van der Waals surface area contributed by atoms with Gasteiger partial charge in [0.05, 0.1) is 5.59 Å². The molecule has 0 saturated carbocycles. The Morgan fingerprint density at radius 3 is 2.92 bits per heavy atom. The third-order valence-electron chi connectivity index (χ3n) is 1.77. The van der Waals surface area contributed by atoms with Crippen molar-refractivity contribution in [3.8, 4) is 0 Å². The van der Waals surface area contributed by atoms with Gasteiger partial charge < -0.3 is 9.68 Å². The van der Waals surface area contributed by atoms with E-state index < -0.39 is 7.12 Å². The van der Waals surface area contributed by atoms with Gasteiger partial charge in [0.25, 0.3) is 0 Å². The quantitative estimate of drug-likeness (QED) is 0.676. The molecule has 0 fully saturated rings. The lowest BCUT2D eigenvalue weighted by Gasteiger charge is -2.12. The normalized spacial score (nSPS) is 10.8. The Bertz CT molecular complexity index is 262. The third kappa shape index (κ3) is 2.32. The zero-order chi connectivity index (χ0) is 9.84. The first kappa shape index (κ1) is 10.3. The molecule has 1 aromatic rings. The largest absolute Gasteiger partial charge is 0.510 e. The van der Waals surface area contributed by atoms with E-state index in [9.17, 15) is 5.02 Å². The van der Waals surface area contributed by atoms with E-state index in [4.69, 9.17) is 4.65 Å². The van der Waals surface area contributed by atoms with Crippen LogP contribution in [0.4, 0.5) is 0 Å². The fourth-order valence-electron chi connectivity index (χ4n) is 1.19. The van der Waals surface area contributed by atoms with Gasteiger partial charge in [-0.15, -0.1) is 0 Å². The van der Waals surface area contributed by atoms with Crippen LogP contribution in [0, 0.1) is 0 Å². The molecular weight excluding hydrogens is 167 g/mol. The van der Waals surface area contributed by atoms with E-state index in [1.165, 1.54) is 0 Å². The molecule has 0 aliphatic rings. The van der Waals surface area contributed by atoms with Gasteiger partial charge in [-0.05, 0) is 26.8 Å². The van der Waals surface area contributed by atoms with Crippen LogP contribution in [0.3, 0.4) is 0 Å². The Morgan fingerprint density at radius 2 is 2.38 bits per heavy atom. The summed E-state index contributed by atoms with van der Waals surface area (Å²) in [7, 11) is -0.866. The summed E-state index contributed by atoms with van der Waals surface area (Å²) >= 11 is 0. The molecule has 4 nitrogen and oxygen atoms in total. The van der Waals surface area contributed by atoms with E-state index in [1.54, 1.807) is 16.9 Å². The summed E-state index contributed by atoms with van der Waals surface area (Å²) in [6, 6.07) is 2.00. The van der Waals surface area contributed by atoms with Crippen molar-refractivity contribution in [1.29, 1.82) is 0 Å². The molecule has 1 N–H and O–H groups in total. The Hall–Kier alpha value is -0.805. The van der Waals surface area contributed by atoms with E-state index in [2.05, 4.69) is 5.10 Å². The van der Waals surface area contributed by atoms with Crippen LogP contribution in [0.2, 0.25) is 0 Å². The molecule has 0 radical (unpaired) electrons. The van der Waals surface area contributed by atoms with Gasteiger partial charge in [-0.2, -0.15) is 5.10 Å². The highest BCUT2D eigenvalue weighted by molar-refractivity contribution is 6.59. The van der Waals surface area contributed by atoms with Gasteiger partial charge in [0.1, 0.15) is 0 Å². The number of rotatable bonds is 4. The zero-order valence-electron chi connectivity index (χ0n) is 8.27. The van der Waals surface area contributed by atoms with Crippen molar-refractivity contribution in [2.24, 2.45) is 0 Å². The number of hydrogen-bond acceptors (Lipinski definition) is 3. The van der Waals surface area contributed by atoms with Gasteiger partial charge in [-0.3, -0.25) is 4.68 Å². The molecule has 13 heavy (non-hydrogen) atoms. The Morgan fingerprint density at radius 1 is 1.69 bits per heavy atom. The molecule has 0 atom stereocenters. The summed E-state index contributed by atoms with van der Waals surface area (Å²) in [5.74, 6) is 0. The van der Waals surface area contributed by atoms with Crippen LogP contribution in [0.15, 0.2) is 12.3 Å². The van der Waals surface area contributed by atoms with Crippen molar-refractivity contribution in [3.05, 3.63) is 12.3 Å². The predicted molar refractivity (Wildman–Crippen MR) is 51.8 cm³/mol. The molecule has 1 aromatic heterocycles. The molecule has 0 aliphatic carbocycles. The van der Waals surface area contributed by atoms with Gasteiger partial charge >= 0.3 is 7.12 Å². The summed E-state index contributed by atoms with van der Waals surface area (Å²) in [5.41, 5.74) is 0.705. The SMILES string of the molecule is CCOB(O)c1ccnn1C(C)C. The van der Waals surface area contributed by atoms with Crippen LogP contribution in [-0.4, -0.2) is 28.5 Å². The lowest BCUT2D eigenvalue weighted by atomic mass is 9.85. The molecule has 0 saturated heterocycles. The van der Waals surface area contributed by atoms with Crippen molar-refractivity contribution >= 4 is 12.7 Å². The van der Waals surface area contributed by atoms with E-state index in [-0.39, 0.29) is 6.04 Å². The fraction of sp³-hybridized carbons (Fsp3) is 0.625. The van der Waals surface area contributed by atoms with Crippen LogP contribution in [-0.2, 0) is 4.65 Å². The molecule has 0 aromatic carbocycles. The average Bonchev–Trinajstić information content (AvgIpc) is 2.52. The molecule has 1 heterocycles. The molecule has 0 spiro atoms. The summed E-state index contributed by atoms with van der Waals surface area (Å²) in [5, 5.41) is 13.7. The zero-order valence-corrected chi connectivity index (χ0v) is 8.27. The second-order valence-electron chi connectivity index (χ2n) is 3.10. The molecule has 1 rings (SSSR count). The monoisotopic (exact) mass is 182 g/mol. The van der Waals surface area contributed by atoms with Crippen molar-refractivity contribution in [2.75, 3.05) is 6.61 Å². The molecule has 5 heteroatoms. The minimum Gasteiger partial charge on any atom is -0.422 e. The summed E-state index contributed by atoms with van der Waals surface area (Å²) in [4.78, 5) is 0. The van der Waals surface area contributed by atoms with Crippen LogP contribution < -0.4 is 5.59 Å². The van der Waals surface area contributed by atoms with E-state index in [1.807, 2.05) is 20.8 Å². The average molecular weight is 182 g/mol. The molecule has 72 valence electrons. The predicted octanol–water partition coefficient (Wildman–Crippen LogP) is 0.188. The summed E-state index contributed by atoms with van der Waals surface area (Å²) in [6.07, 6.45) is 1.66. The van der Waals surface area contributed by atoms with Crippen LogP contribution in [0.25, 0.3) is 0 Å². The maximum atomic E-state index is 9.56. The minimum atomic E-state index is -0.866. The summed E-state index contributed by atoms with van der Waals surface area (Å²) < 4.78 is 6.82. The van der Waals surface area contributed by atoms with Gasteiger partial charge in [0.2, 0.25) is 0 Å². The van der Waals surface area contributed by atoms with Crippen molar-refractivity contribution < 1.29 is 9.68 Å². The van der Waals surface area contributed by atoms with Crippen molar-refractivity contribution in [3.63, 3.8) is 0 Å². The van der Waals surface area contributed by atoms with Gasteiger partial charge in [0, 0.05) is 18.8 Å². The first-order valence-corrected chi connectivity index (χ1v) is 4.50. The maximum Gasteiger partial charge on any atom is 0.510 e. The molecule has 0 unspecified atom stereocenters.